The predicted octanol–water partition coefficient (Wildman–Crippen LogP) is -0.544. The molecule has 0 atom stereocenters. The summed E-state index contributed by atoms with van der Waals surface area (Å²) in [5.74, 6) is -0.310. The minimum Gasteiger partial charge on any atom is -0.481 e. The summed E-state index contributed by atoms with van der Waals surface area (Å²) < 4.78 is 0. The Labute approximate surface area is 62.8 Å². The molecule has 1 N–H and O–H groups in total. The maximum absolute atomic E-state index is 10.1. The molecular formula is C5H8N4O2. The van der Waals surface area contributed by atoms with Crippen molar-refractivity contribution in [1.82, 2.24) is 20.2 Å². The molecule has 1 aromatic rings. The number of hydrogen-bond acceptors (Lipinski definition) is 4. The van der Waals surface area contributed by atoms with E-state index in [2.05, 4.69) is 15.4 Å². The van der Waals surface area contributed by atoms with Crippen LogP contribution in [0, 0.1) is 6.92 Å². The van der Waals surface area contributed by atoms with Crippen LogP contribution in [0.2, 0.25) is 0 Å². The van der Waals surface area contributed by atoms with Gasteiger partial charge < -0.3 is 5.11 Å². The first-order valence-electron chi connectivity index (χ1n) is 3.14. The topological polar surface area (TPSA) is 80.9 Å². The van der Waals surface area contributed by atoms with Crippen LogP contribution in [-0.2, 0) is 11.3 Å². The fourth-order valence-electron chi connectivity index (χ4n) is 0.614. The highest BCUT2D eigenvalue weighted by Crippen LogP contribution is 1.86. The first-order valence-corrected chi connectivity index (χ1v) is 3.14. The van der Waals surface area contributed by atoms with Crippen LogP contribution in [-0.4, -0.2) is 31.3 Å². The van der Waals surface area contributed by atoms with Crippen molar-refractivity contribution in [3.63, 3.8) is 0 Å². The van der Waals surface area contributed by atoms with E-state index in [1.165, 1.54) is 4.80 Å². The van der Waals surface area contributed by atoms with Gasteiger partial charge in [0.1, 0.15) is 0 Å². The van der Waals surface area contributed by atoms with Crippen LogP contribution in [0.4, 0.5) is 0 Å². The van der Waals surface area contributed by atoms with Gasteiger partial charge in [0, 0.05) is 0 Å². The van der Waals surface area contributed by atoms with Crippen molar-refractivity contribution < 1.29 is 9.90 Å². The van der Waals surface area contributed by atoms with E-state index in [1.54, 1.807) is 6.92 Å². The summed E-state index contributed by atoms with van der Waals surface area (Å²) in [6.07, 6.45) is 0.0236. The van der Waals surface area contributed by atoms with Gasteiger partial charge >= 0.3 is 5.97 Å². The number of aryl methyl sites for hydroxylation is 2. The van der Waals surface area contributed by atoms with Crippen molar-refractivity contribution >= 4 is 5.97 Å². The molecule has 0 fully saturated rings. The quantitative estimate of drug-likeness (QED) is 0.635. The number of aromatic nitrogens is 4. The molecule has 0 aromatic carbocycles. The number of tetrazole rings is 1. The largest absolute Gasteiger partial charge is 0.481 e. The second-order valence-corrected chi connectivity index (χ2v) is 2.08. The number of carbonyl (C=O) groups is 1. The fraction of sp³-hybridized carbons (Fsp3) is 0.600. The zero-order valence-electron chi connectivity index (χ0n) is 6.06. The molecule has 1 heterocycles. The van der Waals surface area contributed by atoms with Crippen molar-refractivity contribution in [2.24, 2.45) is 0 Å². The van der Waals surface area contributed by atoms with E-state index in [0.717, 1.165) is 0 Å². The molecule has 0 amide bonds. The minimum absolute atomic E-state index is 0.0236. The molecule has 6 nitrogen and oxygen atoms in total. The lowest BCUT2D eigenvalue weighted by molar-refractivity contribution is -0.137. The molecule has 0 aliphatic carbocycles. The fourth-order valence-corrected chi connectivity index (χ4v) is 0.614. The Morgan fingerprint density at radius 1 is 1.73 bits per heavy atom. The van der Waals surface area contributed by atoms with Crippen molar-refractivity contribution in [1.29, 1.82) is 0 Å². The van der Waals surface area contributed by atoms with Gasteiger partial charge in [-0.05, 0) is 12.1 Å². The number of carboxylic acid groups (broad SMARTS) is 1. The lowest BCUT2D eigenvalue weighted by Crippen LogP contribution is -2.07. The third-order valence-electron chi connectivity index (χ3n) is 1.08. The molecule has 6 heteroatoms. The molecular weight excluding hydrogens is 148 g/mol. The third kappa shape index (κ3) is 2.32. The van der Waals surface area contributed by atoms with Gasteiger partial charge in [-0.1, -0.05) is 0 Å². The maximum Gasteiger partial charge on any atom is 0.305 e. The van der Waals surface area contributed by atoms with E-state index in [-0.39, 0.29) is 13.0 Å². The van der Waals surface area contributed by atoms with Crippen molar-refractivity contribution in [2.45, 2.75) is 19.9 Å². The average molecular weight is 156 g/mol. The molecule has 0 aliphatic rings. The Balaban J connectivity index is 2.45. The zero-order chi connectivity index (χ0) is 8.27. The first kappa shape index (κ1) is 7.64. The second-order valence-electron chi connectivity index (χ2n) is 2.08. The van der Waals surface area contributed by atoms with Crippen molar-refractivity contribution in [2.75, 3.05) is 0 Å². The summed E-state index contributed by atoms with van der Waals surface area (Å²) >= 11 is 0. The Hall–Kier alpha value is -1.46. The molecule has 0 aliphatic heterocycles. The Morgan fingerprint density at radius 3 is 2.91 bits per heavy atom. The van der Waals surface area contributed by atoms with Gasteiger partial charge in [0.15, 0.2) is 5.82 Å². The van der Waals surface area contributed by atoms with Crippen LogP contribution in [0.1, 0.15) is 12.2 Å². The third-order valence-corrected chi connectivity index (χ3v) is 1.08. The van der Waals surface area contributed by atoms with Crippen LogP contribution >= 0.6 is 0 Å². The molecule has 1 rings (SSSR count). The molecule has 0 spiro atoms. The summed E-state index contributed by atoms with van der Waals surface area (Å²) in [6, 6.07) is 0. The maximum atomic E-state index is 10.1. The van der Waals surface area contributed by atoms with Gasteiger partial charge in [-0.25, -0.2) is 0 Å². The van der Waals surface area contributed by atoms with Gasteiger partial charge in [0.2, 0.25) is 0 Å². The number of nitrogens with zero attached hydrogens (tertiary/aromatic N) is 4. The highest BCUT2D eigenvalue weighted by Gasteiger charge is 2.00. The van der Waals surface area contributed by atoms with Crippen LogP contribution in [0.25, 0.3) is 0 Å². The summed E-state index contributed by atoms with van der Waals surface area (Å²) in [6.45, 7) is 1.97. The number of hydrogen-bond donors (Lipinski definition) is 1. The Bertz CT molecular complexity index is 257. The van der Waals surface area contributed by atoms with Crippen LogP contribution in [0.15, 0.2) is 0 Å². The standard InChI is InChI=1S/C5H8N4O2/c1-4-6-8-9(7-4)3-2-5(10)11/h2-3H2,1H3,(H,10,11). The van der Waals surface area contributed by atoms with E-state index in [1.807, 2.05) is 0 Å². The van der Waals surface area contributed by atoms with E-state index in [4.69, 9.17) is 5.11 Å². The van der Waals surface area contributed by atoms with Crippen molar-refractivity contribution in [3.05, 3.63) is 5.82 Å². The average Bonchev–Trinajstić information content (AvgIpc) is 2.31. The normalized spacial score (nSPS) is 9.91. The van der Waals surface area contributed by atoms with E-state index < -0.39 is 5.97 Å². The summed E-state index contributed by atoms with van der Waals surface area (Å²) in [4.78, 5) is 11.4. The van der Waals surface area contributed by atoms with Crippen LogP contribution in [0.3, 0.4) is 0 Å². The van der Waals surface area contributed by atoms with Gasteiger partial charge in [-0.15, -0.1) is 10.2 Å². The molecule has 0 bridgehead atoms. The second kappa shape index (κ2) is 3.09. The van der Waals surface area contributed by atoms with Crippen LogP contribution in [0.5, 0.6) is 0 Å². The van der Waals surface area contributed by atoms with Crippen LogP contribution < -0.4 is 0 Å². The zero-order valence-corrected chi connectivity index (χ0v) is 6.06. The summed E-state index contributed by atoms with van der Waals surface area (Å²) in [7, 11) is 0. The monoisotopic (exact) mass is 156 g/mol. The van der Waals surface area contributed by atoms with E-state index in [0.29, 0.717) is 5.82 Å². The van der Waals surface area contributed by atoms with E-state index >= 15 is 0 Å². The van der Waals surface area contributed by atoms with Gasteiger partial charge in [0.25, 0.3) is 0 Å². The molecule has 0 saturated heterocycles. The van der Waals surface area contributed by atoms with Crippen molar-refractivity contribution in [3.8, 4) is 0 Å². The van der Waals surface area contributed by atoms with Gasteiger partial charge in [-0.2, -0.15) is 4.80 Å². The number of rotatable bonds is 3. The Kier molecular flexibility index (Phi) is 2.15. The molecule has 0 saturated carbocycles. The smallest absolute Gasteiger partial charge is 0.305 e. The predicted molar refractivity (Wildman–Crippen MR) is 34.8 cm³/mol. The molecule has 60 valence electrons. The molecule has 0 unspecified atom stereocenters. The highest BCUT2D eigenvalue weighted by atomic mass is 16.4. The number of carboxylic acids is 1. The molecule has 1 aromatic heterocycles. The SMILES string of the molecule is Cc1nnn(CCC(=O)O)n1. The first-order chi connectivity index (χ1) is 5.18. The number of aliphatic carboxylic acids is 1. The van der Waals surface area contributed by atoms with E-state index in [9.17, 15) is 4.79 Å². The molecule has 0 radical (unpaired) electrons. The Morgan fingerprint density at radius 2 is 2.45 bits per heavy atom. The lowest BCUT2D eigenvalue weighted by Gasteiger charge is -1.91. The summed E-state index contributed by atoms with van der Waals surface area (Å²) in [5.41, 5.74) is 0. The molecule has 11 heavy (non-hydrogen) atoms. The summed E-state index contributed by atoms with van der Waals surface area (Å²) in [5, 5.41) is 19.3. The van der Waals surface area contributed by atoms with Gasteiger partial charge in [-0.3, -0.25) is 4.79 Å². The lowest BCUT2D eigenvalue weighted by atomic mass is 10.4. The van der Waals surface area contributed by atoms with Gasteiger partial charge in [0.05, 0.1) is 13.0 Å². The highest BCUT2D eigenvalue weighted by molar-refractivity contribution is 5.66. The minimum atomic E-state index is -0.861.